The molecule has 0 aliphatic heterocycles. The fourth-order valence-electron chi connectivity index (χ4n) is 3.35. The molecule has 0 saturated carbocycles. The molecule has 4 nitrogen and oxygen atoms in total. The number of para-hydroxylation sites is 1. The van der Waals surface area contributed by atoms with Gasteiger partial charge >= 0.3 is 0 Å². The van der Waals surface area contributed by atoms with Gasteiger partial charge in [-0.15, -0.1) is 0 Å². The van der Waals surface area contributed by atoms with E-state index in [1.165, 1.54) is 22.2 Å². The summed E-state index contributed by atoms with van der Waals surface area (Å²) in [6, 6.07) is 8.95. The minimum Gasteiger partial charge on any atom is -0.389 e. The van der Waals surface area contributed by atoms with E-state index < -0.39 is 6.10 Å². The maximum absolute atomic E-state index is 10.0. The van der Waals surface area contributed by atoms with Crippen LogP contribution in [0.15, 0.2) is 24.3 Å². The number of aryl methyl sites for hydroxylation is 1. The Balaban J connectivity index is 1.51. The highest BCUT2D eigenvalue weighted by Gasteiger charge is 2.22. The molecular weight excluding hydrogens is 288 g/mol. The Labute approximate surface area is 138 Å². The van der Waals surface area contributed by atoms with Crippen LogP contribution in [0.4, 0.5) is 0 Å². The third-order valence-corrected chi connectivity index (χ3v) is 4.50. The number of benzene rings is 1. The van der Waals surface area contributed by atoms with Crippen molar-refractivity contribution in [2.45, 2.75) is 45.3 Å². The number of fused-ring (bicyclic) bond motifs is 3. The molecule has 126 valence electrons. The number of hydrogen-bond donors (Lipinski definition) is 3. The smallest absolute Gasteiger partial charge is 0.0897 e. The molecule has 0 saturated heterocycles. The van der Waals surface area contributed by atoms with Gasteiger partial charge in [-0.2, -0.15) is 0 Å². The van der Waals surface area contributed by atoms with Gasteiger partial charge in [-0.05, 0) is 36.8 Å². The number of ether oxygens (including phenoxy) is 1. The highest BCUT2D eigenvalue weighted by Crippen LogP contribution is 2.28. The SMILES string of the molecule is CC(C)COCC(O)CNC1CCc2[nH]c3ccccc3c2C1. The number of aromatic amines is 1. The summed E-state index contributed by atoms with van der Waals surface area (Å²) in [7, 11) is 0. The summed E-state index contributed by atoms with van der Waals surface area (Å²) in [5.74, 6) is 0.508. The predicted molar refractivity (Wildman–Crippen MR) is 93.8 cm³/mol. The molecule has 3 N–H and O–H groups in total. The van der Waals surface area contributed by atoms with E-state index >= 15 is 0 Å². The fourth-order valence-corrected chi connectivity index (χ4v) is 3.35. The van der Waals surface area contributed by atoms with Crippen molar-refractivity contribution in [3.63, 3.8) is 0 Å². The van der Waals surface area contributed by atoms with E-state index in [2.05, 4.69) is 48.4 Å². The van der Waals surface area contributed by atoms with Crippen LogP contribution in [0.3, 0.4) is 0 Å². The highest BCUT2D eigenvalue weighted by atomic mass is 16.5. The number of hydrogen-bond acceptors (Lipinski definition) is 3. The Morgan fingerprint density at radius 1 is 1.30 bits per heavy atom. The molecule has 0 bridgehead atoms. The number of aliphatic hydroxyl groups excluding tert-OH is 1. The van der Waals surface area contributed by atoms with Gasteiger partial charge in [-0.3, -0.25) is 0 Å². The van der Waals surface area contributed by atoms with Crippen LogP contribution >= 0.6 is 0 Å². The first-order valence-corrected chi connectivity index (χ1v) is 8.71. The molecular formula is C19H28N2O2. The van der Waals surface area contributed by atoms with Crippen molar-refractivity contribution in [2.75, 3.05) is 19.8 Å². The number of aromatic nitrogens is 1. The number of nitrogens with one attached hydrogen (secondary N) is 2. The van der Waals surface area contributed by atoms with Crippen molar-refractivity contribution < 1.29 is 9.84 Å². The summed E-state index contributed by atoms with van der Waals surface area (Å²) in [4.78, 5) is 3.54. The zero-order chi connectivity index (χ0) is 16.2. The molecule has 0 amide bonds. The molecule has 2 atom stereocenters. The molecule has 1 aromatic carbocycles. The number of rotatable bonds is 7. The summed E-state index contributed by atoms with van der Waals surface area (Å²) < 4.78 is 5.50. The van der Waals surface area contributed by atoms with Gasteiger partial charge < -0.3 is 20.1 Å². The van der Waals surface area contributed by atoms with Crippen LogP contribution in [0.5, 0.6) is 0 Å². The fraction of sp³-hybridized carbons (Fsp3) is 0.579. The van der Waals surface area contributed by atoms with Gasteiger partial charge in [0.1, 0.15) is 0 Å². The number of aliphatic hydroxyl groups is 1. The van der Waals surface area contributed by atoms with E-state index in [0.29, 0.717) is 31.7 Å². The van der Waals surface area contributed by atoms with E-state index in [0.717, 1.165) is 19.3 Å². The van der Waals surface area contributed by atoms with Crippen LogP contribution in [0.2, 0.25) is 0 Å². The Morgan fingerprint density at radius 3 is 2.96 bits per heavy atom. The van der Waals surface area contributed by atoms with E-state index in [1.54, 1.807) is 0 Å². The number of H-pyrrole nitrogens is 1. The quantitative estimate of drug-likeness (QED) is 0.736. The van der Waals surface area contributed by atoms with Crippen molar-refractivity contribution in [3.8, 4) is 0 Å². The van der Waals surface area contributed by atoms with Crippen molar-refractivity contribution in [3.05, 3.63) is 35.5 Å². The summed E-state index contributed by atoms with van der Waals surface area (Å²) >= 11 is 0. The predicted octanol–water partition coefficient (Wildman–Crippen LogP) is 2.65. The lowest BCUT2D eigenvalue weighted by Gasteiger charge is -2.25. The zero-order valence-electron chi connectivity index (χ0n) is 14.1. The summed E-state index contributed by atoms with van der Waals surface area (Å²) in [5, 5.41) is 14.9. The zero-order valence-corrected chi connectivity index (χ0v) is 14.1. The molecule has 1 aliphatic carbocycles. The summed E-state index contributed by atoms with van der Waals surface area (Å²) in [6.45, 7) is 5.95. The monoisotopic (exact) mass is 316 g/mol. The minimum absolute atomic E-state index is 0.413. The second kappa shape index (κ2) is 7.47. The average molecular weight is 316 g/mol. The first kappa shape index (κ1) is 16.5. The maximum atomic E-state index is 10.0. The largest absolute Gasteiger partial charge is 0.389 e. The first-order valence-electron chi connectivity index (χ1n) is 8.71. The van der Waals surface area contributed by atoms with Gasteiger partial charge in [0.15, 0.2) is 0 Å². The first-order chi connectivity index (χ1) is 11.1. The van der Waals surface area contributed by atoms with Crippen molar-refractivity contribution in [1.82, 2.24) is 10.3 Å². The molecule has 1 aliphatic rings. The van der Waals surface area contributed by atoms with Gasteiger partial charge in [0.25, 0.3) is 0 Å². The van der Waals surface area contributed by atoms with Crippen LogP contribution in [-0.2, 0) is 17.6 Å². The Hall–Kier alpha value is -1.36. The highest BCUT2D eigenvalue weighted by molar-refractivity contribution is 5.84. The summed E-state index contributed by atoms with van der Waals surface area (Å²) in [5.41, 5.74) is 4.06. The summed E-state index contributed by atoms with van der Waals surface area (Å²) in [6.07, 6.45) is 2.78. The van der Waals surface area contributed by atoms with Crippen LogP contribution in [0.25, 0.3) is 10.9 Å². The lowest BCUT2D eigenvalue weighted by Crippen LogP contribution is -2.40. The van der Waals surface area contributed by atoms with E-state index in [4.69, 9.17) is 4.74 Å². The third kappa shape index (κ3) is 4.14. The lowest BCUT2D eigenvalue weighted by atomic mass is 9.91. The standard InChI is InChI=1S/C19H28N2O2/c1-13(2)11-23-12-15(22)10-20-14-7-8-19-17(9-14)16-5-3-4-6-18(16)21-19/h3-6,13-15,20-22H,7-12H2,1-2H3. The molecule has 3 rings (SSSR count). The average Bonchev–Trinajstić information content (AvgIpc) is 2.90. The third-order valence-electron chi connectivity index (χ3n) is 4.50. The normalized spacial score (nSPS) is 19.2. The van der Waals surface area contributed by atoms with Gasteiger partial charge in [0, 0.05) is 35.8 Å². The minimum atomic E-state index is -0.432. The second-order valence-corrected chi connectivity index (χ2v) is 7.06. The van der Waals surface area contributed by atoms with Crippen molar-refractivity contribution in [2.24, 2.45) is 5.92 Å². The molecule has 1 heterocycles. The van der Waals surface area contributed by atoms with Gasteiger partial charge in [-0.25, -0.2) is 0 Å². The topological polar surface area (TPSA) is 57.3 Å². The molecule has 0 spiro atoms. The Kier molecular flexibility index (Phi) is 5.36. The molecule has 4 heteroatoms. The molecule has 23 heavy (non-hydrogen) atoms. The Bertz CT molecular complexity index is 635. The van der Waals surface area contributed by atoms with Gasteiger partial charge in [0.2, 0.25) is 0 Å². The van der Waals surface area contributed by atoms with Crippen molar-refractivity contribution in [1.29, 1.82) is 0 Å². The van der Waals surface area contributed by atoms with Crippen LogP contribution < -0.4 is 5.32 Å². The van der Waals surface area contributed by atoms with Crippen LogP contribution in [-0.4, -0.2) is 42.0 Å². The van der Waals surface area contributed by atoms with Crippen LogP contribution in [0.1, 0.15) is 31.5 Å². The molecule has 2 aromatic rings. The van der Waals surface area contributed by atoms with E-state index in [-0.39, 0.29) is 0 Å². The Morgan fingerprint density at radius 2 is 2.13 bits per heavy atom. The van der Waals surface area contributed by atoms with Gasteiger partial charge in [0.05, 0.1) is 12.7 Å². The molecule has 0 fully saturated rings. The van der Waals surface area contributed by atoms with Crippen molar-refractivity contribution >= 4 is 10.9 Å². The molecule has 1 aromatic heterocycles. The van der Waals surface area contributed by atoms with E-state index in [9.17, 15) is 5.11 Å². The molecule has 0 radical (unpaired) electrons. The maximum Gasteiger partial charge on any atom is 0.0897 e. The van der Waals surface area contributed by atoms with Crippen LogP contribution in [0, 0.1) is 5.92 Å². The second-order valence-electron chi connectivity index (χ2n) is 7.06. The molecule has 2 unspecified atom stereocenters. The van der Waals surface area contributed by atoms with E-state index in [1.807, 2.05) is 0 Å². The van der Waals surface area contributed by atoms with Gasteiger partial charge in [-0.1, -0.05) is 32.0 Å². The lowest BCUT2D eigenvalue weighted by molar-refractivity contribution is 0.0248.